The third kappa shape index (κ3) is 4.78. The molecule has 0 fully saturated rings. The molecule has 58 valence electrons. The van der Waals surface area contributed by atoms with E-state index < -0.39 is 10.8 Å². The fourth-order valence-electron chi connectivity index (χ4n) is 0.484. The van der Waals surface area contributed by atoms with Crippen LogP contribution >= 0.6 is 11.6 Å². The van der Waals surface area contributed by atoms with Crippen molar-refractivity contribution in [2.45, 2.75) is 6.42 Å². The molecule has 0 saturated carbocycles. The van der Waals surface area contributed by atoms with Gasteiger partial charge in [0.05, 0.1) is 12.0 Å². The van der Waals surface area contributed by atoms with Crippen molar-refractivity contribution in [2.24, 2.45) is 5.92 Å². The van der Waals surface area contributed by atoms with Crippen LogP contribution in [0.3, 0.4) is 0 Å². The normalized spacial score (nSPS) is 15.7. The second-order valence-corrected chi connectivity index (χ2v) is 3.91. The van der Waals surface area contributed by atoms with Gasteiger partial charge in [0.15, 0.2) is 0 Å². The fourth-order valence-corrected chi connectivity index (χ4v) is 1.32. The Bertz CT molecular complexity index is 154. The van der Waals surface area contributed by atoms with Crippen molar-refractivity contribution in [1.29, 1.82) is 5.26 Å². The van der Waals surface area contributed by atoms with Crippen molar-refractivity contribution in [2.75, 3.05) is 17.9 Å². The van der Waals surface area contributed by atoms with Gasteiger partial charge in [0, 0.05) is 28.7 Å². The van der Waals surface area contributed by atoms with Crippen LogP contribution in [0.5, 0.6) is 0 Å². The summed E-state index contributed by atoms with van der Waals surface area (Å²) in [6, 6.07) is 2.04. The molecule has 0 aromatic rings. The van der Waals surface area contributed by atoms with Crippen molar-refractivity contribution >= 4 is 22.4 Å². The molecular weight excluding hydrogens is 170 g/mol. The maximum atomic E-state index is 10.5. The highest BCUT2D eigenvalue weighted by atomic mass is 35.5. The minimum atomic E-state index is -0.799. The van der Waals surface area contributed by atoms with Crippen molar-refractivity contribution in [3.05, 3.63) is 0 Å². The summed E-state index contributed by atoms with van der Waals surface area (Å²) in [6.07, 6.45) is 2.27. The van der Waals surface area contributed by atoms with E-state index in [1.54, 1.807) is 6.26 Å². The topological polar surface area (TPSA) is 40.9 Å². The first-order valence-electron chi connectivity index (χ1n) is 2.96. The first-order chi connectivity index (χ1) is 4.70. The lowest BCUT2D eigenvalue weighted by molar-refractivity contribution is 0.672. The summed E-state index contributed by atoms with van der Waals surface area (Å²) in [5.74, 6) is 0.782. The largest absolute Gasteiger partial charge is 0.260 e. The minimum absolute atomic E-state index is 0.134. The van der Waals surface area contributed by atoms with Gasteiger partial charge in [-0.2, -0.15) is 5.26 Å². The molecule has 0 rings (SSSR count). The van der Waals surface area contributed by atoms with Gasteiger partial charge in [0.1, 0.15) is 0 Å². The predicted molar refractivity (Wildman–Crippen MR) is 43.4 cm³/mol. The number of nitrogens with zero attached hydrogens (tertiary/aromatic N) is 1. The Morgan fingerprint density at radius 3 is 2.70 bits per heavy atom. The van der Waals surface area contributed by atoms with Gasteiger partial charge in [0.25, 0.3) is 0 Å². The summed E-state index contributed by atoms with van der Waals surface area (Å²) in [4.78, 5) is 0. The molecular formula is C6H10ClNOS. The molecule has 0 N–H and O–H groups in total. The third-order valence-electron chi connectivity index (χ3n) is 1.12. The third-order valence-corrected chi connectivity index (χ3v) is 2.31. The van der Waals surface area contributed by atoms with E-state index >= 15 is 0 Å². The van der Waals surface area contributed by atoms with E-state index in [1.165, 1.54) is 0 Å². The molecule has 0 amide bonds. The quantitative estimate of drug-likeness (QED) is 0.608. The first kappa shape index (κ1) is 9.93. The van der Waals surface area contributed by atoms with Gasteiger partial charge < -0.3 is 0 Å². The monoisotopic (exact) mass is 179 g/mol. The maximum Gasteiger partial charge on any atom is 0.0668 e. The summed E-state index contributed by atoms with van der Waals surface area (Å²) in [5.41, 5.74) is 0. The molecule has 2 nitrogen and oxygen atoms in total. The Morgan fingerprint density at radius 2 is 2.40 bits per heavy atom. The molecule has 0 aromatic carbocycles. The molecule has 10 heavy (non-hydrogen) atoms. The second kappa shape index (κ2) is 5.70. The molecule has 2 unspecified atom stereocenters. The number of hydrogen-bond acceptors (Lipinski definition) is 2. The second-order valence-electron chi connectivity index (χ2n) is 2.05. The van der Waals surface area contributed by atoms with E-state index in [0.717, 1.165) is 0 Å². The summed E-state index contributed by atoms with van der Waals surface area (Å²) in [6.45, 7) is 0. The van der Waals surface area contributed by atoms with Gasteiger partial charge in [-0.05, 0) is 6.42 Å². The lowest BCUT2D eigenvalue weighted by Gasteiger charge is -2.00. The van der Waals surface area contributed by atoms with Gasteiger partial charge in [0.2, 0.25) is 0 Å². The number of nitriles is 1. The zero-order chi connectivity index (χ0) is 7.98. The number of halogens is 1. The van der Waals surface area contributed by atoms with Gasteiger partial charge in [-0.3, -0.25) is 4.21 Å². The maximum absolute atomic E-state index is 10.5. The SMILES string of the molecule is CS(=O)CCC(C#N)CCl. The van der Waals surface area contributed by atoms with Crippen LogP contribution in [0.1, 0.15) is 6.42 Å². The highest BCUT2D eigenvalue weighted by Gasteiger charge is 2.05. The average molecular weight is 180 g/mol. The van der Waals surface area contributed by atoms with Crippen LogP contribution in [-0.4, -0.2) is 22.1 Å². The molecule has 0 aliphatic rings. The van der Waals surface area contributed by atoms with E-state index in [0.29, 0.717) is 18.1 Å². The Kier molecular flexibility index (Phi) is 5.66. The Balaban J connectivity index is 3.47. The minimum Gasteiger partial charge on any atom is -0.260 e. The predicted octanol–water partition coefficient (Wildman–Crippen LogP) is 1.13. The van der Waals surface area contributed by atoms with Crippen LogP contribution in [-0.2, 0) is 10.8 Å². The Hall–Kier alpha value is -0.0700. The number of rotatable bonds is 4. The van der Waals surface area contributed by atoms with Gasteiger partial charge in [-0.25, -0.2) is 0 Å². The summed E-state index contributed by atoms with van der Waals surface area (Å²) >= 11 is 5.43. The summed E-state index contributed by atoms with van der Waals surface area (Å²) in [5, 5.41) is 8.41. The van der Waals surface area contributed by atoms with Crippen molar-refractivity contribution in [1.82, 2.24) is 0 Å². The highest BCUT2D eigenvalue weighted by molar-refractivity contribution is 7.84. The van der Waals surface area contributed by atoms with Crippen LogP contribution < -0.4 is 0 Å². The van der Waals surface area contributed by atoms with Crippen LogP contribution in [0.25, 0.3) is 0 Å². The Morgan fingerprint density at radius 1 is 1.80 bits per heavy atom. The zero-order valence-corrected chi connectivity index (χ0v) is 7.41. The van der Waals surface area contributed by atoms with Crippen LogP contribution in [0.2, 0.25) is 0 Å². The van der Waals surface area contributed by atoms with Gasteiger partial charge in [-0.15, -0.1) is 11.6 Å². The zero-order valence-electron chi connectivity index (χ0n) is 5.84. The van der Waals surface area contributed by atoms with Crippen molar-refractivity contribution in [3.8, 4) is 6.07 Å². The van der Waals surface area contributed by atoms with E-state index in [9.17, 15) is 4.21 Å². The molecule has 0 heterocycles. The summed E-state index contributed by atoms with van der Waals surface area (Å²) in [7, 11) is -0.799. The molecule has 0 bridgehead atoms. The Labute approximate surface area is 68.6 Å². The highest BCUT2D eigenvalue weighted by Crippen LogP contribution is 2.03. The van der Waals surface area contributed by atoms with Crippen LogP contribution in [0.15, 0.2) is 0 Å². The molecule has 0 saturated heterocycles. The molecule has 2 atom stereocenters. The molecule has 0 spiro atoms. The average Bonchev–Trinajstić information content (AvgIpc) is 1.90. The summed E-state index contributed by atoms with van der Waals surface area (Å²) < 4.78 is 10.5. The number of alkyl halides is 1. The first-order valence-corrected chi connectivity index (χ1v) is 5.22. The van der Waals surface area contributed by atoms with E-state index in [1.807, 2.05) is 6.07 Å². The lowest BCUT2D eigenvalue weighted by atomic mass is 10.1. The van der Waals surface area contributed by atoms with Crippen LogP contribution in [0.4, 0.5) is 0 Å². The lowest BCUT2D eigenvalue weighted by Crippen LogP contribution is -2.04. The molecule has 0 radical (unpaired) electrons. The molecule has 0 aromatic heterocycles. The molecule has 0 aliphatic heterocycles. The van der Waals surface area contributed by atoms with Crippen molar-refractivity contribution < 1.29 is 4.21 Å². The van der Waals surface area contributed by atoms with Crippen molar-refractivity contribution in [3.63, 3.8) is 0 Å². The molecule has 4 heteroatoms. The number of hydrogen-bond donors (Lipinski definition) is 0. The molecule has 0 aliphatic carbocycles. The van der Waals surface area contributed by atoms with Crippen LogP contribution in [0, 0.1) is 17.2 Å². The van der Waals surface area contributed by atoms with E-state index in [2.05, 4.69) is 0 Å². The van der Waals surface area contributed by atoms with Gasteiger partial charge in [-0.1, -0.05) is 0 Å². The smallest absolute Gasteiger partial charge is 0.0668 e. The van der Waals surface area contributed by atoms with E-state index in [4.69, 9.17) is 16.9 Å². The van der Waals surface area contributed by atoms with Gasteiger partial charge >= 0.3 is 0 Å². The standard InChI is InChI=1S/C6H10ClNOS/c1-10(9)3-2-6(4-7)5-8/h6H,2-4H2,1H3. The van der Waals surface area contributed by atoms with E-state index in [-0.39, 0.29) is 5.92 Å². The fraction of sp³-hybridized carbons (Fsp3) is 0.833.